The SMILES string of the molecule is Cc1cc(Oc2cc(C)c(C(=O)C=Cc3ccc4[nH]ccc4c3)c(Cl)c2Cl)c(Cl)c(Cl)c1C(=O)C=Cc1ccc2[nH]ccc2c1. The van der Waals surface area contributed by atoms with Crippen LogP contribution in [0, 0.1) is 13.8 Å². The summed E-state index contributed by atoms with van der Waals surface area (Å²) in [5.74, 6) is -0.231. The van der Waals surface area contributed by atoms with Gasteiger partial charge in [-0.25, -0.2) is 0 Å². The summed E-state index contributed by atoms with van der Waals surface area (Å²) >= 11 is 26.4. The molecule has 0 aliphatic rings. The van der Waals surface area contributed by atoms with Crippen LogP contribution in [0.2, 0.25) is 20.1 Å². The molecule has 0 fully saturated rings. The monoisotopic (exact) mass is 672 g/mol. The molecule has 0 bridgehead atoms. The van der Waals surface area contributed by atoms with Gasteiger partial charge in [-0.2, -0.15) is 0 Å². The molecule has 0 saturated heterocycles. The number of H-pyrrole nitrogens is 2. The Labute approximate surface area is 279 Å². The third-order valence-corrected chi connectivity index (χ3v) is 9.16. The van der Waals surface area contributed by atoms with Gasteiger partial charge >= 0.3 is 0 Å². The zero-order chi connectivity index (χ0) is 31.8. The van der Waals surface area contributed by atoms with E-state index in [1.807, 2.05) is 60.9 Å². The van der Waals surface area contributed by atoms with Crippen molar-refractivity contribution in [2.75, 3.05) is 0 Å². The molecule has 45 heavy (non-hydrogen) atoms. The summed E-state index contributed by atoms with van der Waals surface area (Å²) in [6.45, 7) is 3.48. The zero-order valence-electron chi connectivity index (χ0n) is 24.0. The summed E-state index contributed by atoms with van der Waals surface area (Å²) in [5, 5.41) is 2.26. The number of nitrogens with one attached hydrogen (secondary N) is 2. The van der Waals surface area contributed by atoms with E-state index < -0.39 is 0 Å². The number of fused-ring (bicyclic) bond motifs is 2. The normalized spacial score (nSPS) is 11.8. The maximum Gasteiger partial charge on any atom is 0.187 e. The van der Waals surface area contributed by atoms with Crippen LogP contribution in [0.25, 0.3) is 34.0 Å². The first-order chi connectivity index (χ1) is 21.6. The number of rotatable bonds is 8. The van der Waals surface area contributed by atoms with E-state index >= 15 is 0 Å². The molecule has 6 aromatic rings. The molecule has 2 heterocycles. The molecule has 9 heteroatoms. The number of hydrogen-bond donors (Lipinski definition) is 2. The topological polar surface area (TPSA) is 75.0 Å². The number of carbonyl (C=O) groups excluding carboxylic acids is 2. The van der Waals surface area contributed by atoms with E-state index in [0.29, 0.717) is 11.1 Å². The predicted octanol–water partition coefficient (Wildman–Crippen LogP) is 11.5. The van der Waals surface area contributed by atoms with E-state index in [4.69, 9.17) is 51.1 Å². The fourth-order valence-electron chi connectivity index (χ4n) is 5.18. The van der Waals surface area contributed by atoms with Crippen molar-refractivity contribution in [2.45, 2.75) is 13.8 Å². The molecule has 6 rings (SSSR count). The highest BCUT2D eigenvalue weighted by molar-refractivity contribution is 6.46. The molecule has 0 spiro atoms. The van der Waals surface area contributed by atoms with Gasteiger partial charge in [0.25, 0.3) is 0 Å². The van der Waals surface area contributed by atoms with Crippen LogP contribution in [-0.4, -0.2) is 21.5 Å². The molecular weight excluding hydrogens is 650 g/mol. The summed E-state index contributed by atoms with van der Waals surface area (Å²) in [6.07, 6.45) is 10.1. The largest absolute Gasteiger partial charge is 0.454 e. The van der Waals surface area contributed by atoms with Crippen molar-refractivity contribution in [2.24, 2.45) is 0 Å². The van der Waals surface area contributed by atoms with Crippen LogP contribution < -0.4 is 4.74 Å². The second kappa shape index (κ2) is 12.6. The fraction of sp³-hybridized carbons (Fsp3) is 0.0556. The number of ketones is 2. The lowest BCUT2D eigenvalue weighted by Crippen LogP contribution is -2.03. The van der Waals surface area contributed by atoms with Gasteiger partial charge in [0.15, 0.2) is 11.6 Å². The third-order valence-electron chi connectivity index (χ3n) is 7.46. The van der Waals surface area contributed by atoms with Gasteiger partial charge < -0.3 is 14.7 Å². The number of halogens is 4. The Morgan fingerprint density at radius 1 is 0.600 bits per heavy atom. The van der Waals surface area contributed by atoms with Crippen molar-refractivity contribution < 1.29 is 14.3 Å². The van der Waals surface area contributed by atoms with Crippen LogP contribution >= 0.6 is 46.4 Å². The van der Waals surface area contributed by atoms with Gasteiger partial charge in [0.05, 0.1) is 10.0 Å². The van der Waals surface area contributed by atoms with Gasteiger partial charge in [0.1, 0.15) is 21.5 Å². The summed E-state index contributed by atoms with van der Waals surface area (Å²) < 4.78 is 6.06. The van der Waals surface area contributed by atoms with E-state index in [1.54, 1.807) is 38.1 Å². The lowest BCUT2D eigenvalue weighted by molar-refractivity contribution is 0.103. The zero-order valence-corrected chi connectivity index (χ0v) is 27.0. The first-order valence-electron chi connectivity index (χ1n) is 13.8. The average molecular weight is 674 g/mol. The Morgan fingerprint density at radius 2 is 1.02 bits per heavy atom. The van der Waals surface area contributed by atoms with Crippen LogP contribution in [0.5, 0.6) is 11.5 Å². The lowest BCUT2D eigenvalue weighted by atomic mass is 10.0. The molecule has 0 unspecified atom stereocenters. The number of hydrogen-bond acceptors (Lipinski definition) is 3. The van der Waals surface area contributed by atoms with E-state index in [2.05, 4.69) is 9.97 Å². The molecule has 0 saturated carbocycles. The standard InChI is InChI=1S/C36H24Cl4N2O3/c1-19-15-29(33(37)35(39)31(19)27(43)9-5-21-3-7-25-23(17-21)11-13-41-25)45-30-16-20(2)32(36(40)34(30)38)28(44)10-6-22-4-8-26-24(18-22)12-14-42-26/h3-18,41-42H,1-2H3. The number of ether oxygens (including phenoxy) is 1. The van der Waals surface area contributed by atoms with Crippen molar-refractivity contribution >= 4 is 91.9 Å². The Morgan fingerprint density at radius 3 is 1.44 bits per heavy atom. The van der Waals surface area contributed by atoms with E-state index in [1.165, 1.54) is 12.2 Å². The Hall–Kier alpha value is -4.26. The molecule has 224 valence electrons. The van der Waals surface area contributed by atoms with Gasteiger partial charge in [-0.1, -0.05) is 70.7 Å². The lowest BCUT2D eigenvalue weighted by Gasteiger charge is -2.16. The van der Waals surface area contributed by atoms with Crippen molar-refractivity contribution in [3.8, 4) is 11.5 Å². The molecule has 0 amide bonds. The molecule has 4 aromatic carbocycles. The highest BCUT2D eigenvalue weighted by atomic mass is 35.5. The number of aromatic nitrogens is 2. The molecule has 0 atom stereocenters. The first kappa shape index (κ1) is 30.8. The molecule has 2 aromatic heterocycles. The quantitative estimate of drug-likeness (QED) is 0.125. The number of carbonyl (C=O) groups is 2. The molecule has 2 N–H and O–H groups in total. The predicted molar refractivity (Wildman–Crippen MR) is 186 cm³/mol. The average Bonchev–Trinajstić information content (AvgIpc) is 3.69. The summed E-state index contributed by atoms with van der Waals surface area (Å²) in [4.78, 5) is 32.6. The van der Waals surface area contributed by atoms with Crippen molar-refractivity contribution in [3.63, 3.8) is 0 Å². The fourth-order valence-corrected chi connectivity index (χ4v) is 6.23. The van der Waals surface area contributed by atoms with Crippen LogP contribution in [0.15, 0.2) is 85.2 Å². The van der Waals surface area contributed by atoms with Crippen LogP contribution in [0.4, 0.5) is 0 Å². The molecule has 0 radical (unpaired) electrons. The number of aromatic amines is 2. The van der Waals surface area contributed by atoms with Gasteiger partial charge in [-0.3, -0.25) is 9.59 Å². The Kier molecular flexibility index (Phi) is 8.63. The number of benzene rings is 4. The van der Waals surface area contributed by atoms with Gasteiger partial charge in [-0.15, -0.1) is 0 Å². The van der Waals surface area contributed by atoms with E-state index in [-0.39, 0.29) is 54.3 Å². The molecule has 5 nitrogen and oxygen atoms in total. The highest BCUT2D eigenvalue weighted by Gasteiger charge is 2.23. The van der Waals surface area contributed by atoms with Crippen molar-refractivity contribution in [3.05, 3.63) is 139 Å². The van der Waals surface area contributed by atoms with Crippen LogP contribution in [0.1, 0.15) is 43.0 Å². The summed E-state index contributed by atoms with van der Waals surface area (Å²) in [7, 11) is 0. The number of allylic oxidation sites excluding steroid dienone is 2. The molecular formula is C36H24Cl4N2O3. The molecule has 0 aliphatic heterocycles. The second-order valence-corrected chi connectivity index (χ2v) is 12.0. The van der Waals surface area contributed by atoms with Gasteiger partial charge in [0, 0.05) is 34.6 Å². The minimum atomic E-state index is -0.305. The minimum absolute atomic E-state index is 0.0417. The van der Waals surface area contributed by atoms with Crippen LogP contribution in [0.3, 0.4) is 0 Å². The number of aryl methyl sites for hydroxylation is 2. The van der Waals surface area contributed by atoms with Gasteiger partial charge in [-0.05, 0) is 108 Å². The Bertz CT molecular complexity index is 2050. The third kappa shape index (κ3) is 6.18. The molecule has 0 aliphatic carbocycles. The van der Waals surface area contributed by atoms with Crippen LogP contribution in [-0.2, 0) is 0 Å². The van der Waals surface area contributed by atoms with Crippen molar-refractivity contribution in [1.82, 2.24) is 9.97 Å². The van der Waals surface area contributed by atoms with E-state index in [0.717, 1.165) is 32.9 Å². The summed E-state index contributed by atoms with van der Waals surface area (Å²) in [6, 6.07) is 18.8. The smallest absolute Gasteiger partial charge is 0.187 e. The van der Waals surface area contributed by atoms with Crippen molar-refractivity contribution in [1.29, 1.82) is 0 Å². The maximum absolute atomic E-state index is 13.2. The van der Waals surface area contributed by atoms with E-state index in [9.17, 15) is 9.59 Å². The minimum Gasteiger partial charge on any atom is -0.454 e. The highest BCUT2D eigenvalue weighted by Crippen LogP contribution is 2.44. The first-order valence-corrected chi connectivity index (χ1v) is 15.4. The Balaban J connectivity index is 1.23. The summed E-state index contributed by atoms with van der Waals surface area (Å²) in [5.41, 5.74) is 5.40. The second-order valence-electron chi connectivity index (χ2n) is 10.5. The van der Waals surface area contributed by atoms with Gasteiger partial charge in [0.2, 0.25) is 0 Å². The maximum atomic E-state index is 13.2.